The second-order valence-electron chi connectivity index (χ2n) is 4.70. The third-order valence-electron chi connectivity index (χ3n) is 3.09. The van der Waals surface area contributed by atoms with Crippen LogP contribution in [0, 0.1) is 0 Å². The standard InChI is InChI=1S/C15H21NOS2/c1-2-5-12(17)11-16-14(15-7-4-9-19-15)10-13-6-3-8-18-13/h3-4,6-9,12,14,16-17H,2,5,10-11H2,1H3. The fraction of sp³-hybridized carbons (Fsp3) is 0.467. The first-order valence-electron chi connectivity index (χ1n) is 6.76. The first-order chi connectivity index (χ1) is 9.29. The van der Waals surface area contributed by atoms with Crippen molar-refractivity contribution < 1.29 is 5.11 Å². The minimum atomic E-state index is -0.240. The predicted molar refractivity (Wildman–Crippen MR) is 84.0 cm³/mol. The topological polar surface area (TPSA) is 32.3 Å². The second kappa shape index (κ2) is 7.80. The van der Waals surface area contributed by atoms with E-state index < -0.39 is 0 Å². The van der Waals surface area contributed by atoms with Crippen LogP contribution in [0.5, 0.6) is 0 Å². The molecule has 2 N–H and O–H groups in total. The van der Waals surface area contributed by atoms with Crippen LogP contribution in [0.25, 0.3) is 0 Å². The molecule has 2 aromatic heterocycles. The Morgan fingerprint density at radius 3 is 2.63 bits per heavy atom. The fourth-order valence-corrected chi connectivity index (χ4v) is 3.66. The predicted octanol–water partition coefficient (Wildman–Crippen LogP) is 3.84. The van der Waals surface area contributed by atoms with Crippen LogP contribution >= 0.6 is 22.7 Å². The zero-order valence-corrected chi connectivity index (χ0v) is 12.8. The van der Waals surface area contributed by atoms with Gasteiger partial charge in [0.1, 0.15) is 0 Å². The van der Waals surface area contributed by atoms with Gasteiger partial charge in [0.05, 0.1) is 6.10 Å². The normalized spacial score (nSPS) is 14.4. The third kappa shape index (κ3) is 4.73. The van der Waals surface area contributed by atoms with Crippen molar-refractivity contribution in [2.24, 2.45) is 0 Å². The average Bonchev–Trinajstić information content (AvgIpc) is 3.07. The lowest BCUT2D eigenvalue weighted by molar-refractivity contribution is 0.156. The summed E-state index contributed by atoms with van der Waals surface area (Å²) in [6, 6.07) is 8.84. The molecule has 104 valence electrons. The lowest BCUT2D eigenvalue weighted by atomic mass is 10.1. The molecular weight excluding hydrogens is 274 g/mol. The number of aliphatic hydroxyl groups is 1. The van der Waals surface area contributed by atoms with Gasteiger partial charge in [0.15, 0.2) is 0 Å². The molecule has 0 amide bonds. The van der Waals surface area contributed by atoms with Gasteiger partial charge in [0, 0.05) is 28.8 Å². The highest BCUT2D eigenvalue weighted by atomic mass is 32.1. The molecule has 2 aromatic rings. The largest absolute Gasteiger partial charge is 0.392 e. The van der Waals surface area contributed by atoms with Crippen molar-refractivity contribution in [1.29, 1.82) is 0 Å². The quantitative estimate of drug-likeness (QED) is 0.775. The Hall–Kier alpha value is -0.680. The Balaban J connectivity index is 1.95. The van der Waals surface area contributed by atoms with Crippen molar-refractivity contribution in [1.82, 2.24) is 5.32 Å². The molecule has 0 aliphatic heterocycles. The van der Waals surface area contributed by atoms with Gasteiger partial charge >= 0.3 is 0 Å². The first-order valence-corrected chi connectivity index (χ1v) is 8.52. The van der Waals surface area contributed by atoms with E-state index in [1.165, 1.54) is 9.75 Å². The summed E-state index contributed by atoms with van der Waals surface area (Å²) in [5.74, 6) is 0. The van der Waals surface area contributed by atoms with E-state index in [1.54, 1.807) is 22.7 Å². The van der Waals surface area contributed by atoms with Crippen LogP contribution < -0.4 is 5.32 Å². The Morgan fingerprint density at radius 2 is 2.00 bits per heavy atom. The molecule has 0 radical (unpaired) electrons. The van der Waals surface area contributed by atoms with Crippen molar-refractivity contribution in [2.75, 3.05) is 6.54 Å². The number of rotatable bonds is 8. The van der Waals surface area contributed by atoms with Crippen LogP contribution in [0.4, 0.5) is 0 Å². The average molecular weight is 295 g/mol. The highest BCUT2D eigenvalue weighted by Crippen LogP contribution is 2.24. The van der Waals surface area contributed by atoms with E-state index in [9.17, 15) is 5.11 Å². The van der Waals surface area contributed by atoms with Crippen molar-refractivity contribution >= 4 is 22.7 Å². The zero-order chi connectivity index (χ0) is 13.5. The molecule has 4 heteroatoms. The maximum Gasteiger partial charge on any atom is 0.0664 e. The van der Waals surface area contributed by atoms with E-state index in [0.717, 1.165) is 19.3 Å². The number of hydrogen-bond acceptors (Lipinski definition) is 4. The summed E-state index contributed by atoms with van der Waals surface area (Å²) in [5, 5.41) is 17.6. The molecule has 0 aliphatic carbocycles. The van der Waals surface area contributed by atoms with E-state index in [-0.39, 0.29) is 6.10 Å². The Bertz CT molecular complexity index is 439. The summed E-state index contributed by atoms with van der Waals surface area (Å²) in [6.07, 6.45) is 2.65. The van der Waals surface area contributed by atoms with Gasteiger partial charge in [0.2, 0.25) is 0 Å². The maximum absolute atomic E-state index is 9.87. The highest BCUT2D eigenvalue weighted by Gasteiger charge is 2.15. The fourth-order valence-electron chi connectivity index (χ4n) is 2.11. The summed E-state index contributed by atoms with van der Waals surface area (Å²) < 4.78 is 0. The Kier molecular flexibility index (Phi) is 6.04. The van der Waals surface area contributed by atoms with Crippen LogP contribution in [-0.4, -0.2) is 17.8 Å². The first kappa shape index (κ1) is 14.7. The van der Waals surface area contributed by atoms with Crippen LogP contribution in [0.1, 0.15) is 35.6 Å². The van der Waals surface area contributed by atoms with Crippen LogP contribution in [-0.2, 0) is 6.42 Å². The van der Waals surface area contributed by atoms with Gasteiger partial charge in [-0.15, -0.1) is 22.7 Å². The molecule has 0 aliphatic rings. The van der Waals surface area contributed by atoms with Gasteiger partial charge in [0.25, 0.3) is 0 Å². The van der Waals surface area contributed by atoms with Crippen LogP contribution in [0.3, 0.4) is 0 Å². The number of hydrogen-bond donors (Lipinski definition) is 2. The van der Waals surface area contributed by atoms with E-state index in [2.05, 4.69) is 47.3 Å². The SMILES string of the molecule is CCCC(O)CNC(Cc1cccs1)c1cccs1. The van der Waals surface area contributed by atoms with E-state index in [4.69, 9.17) is 0 Å². The van der Waals surface area contributed by atoms with Gasteiger partial charge in [-0.3, -0.25) is 0 Å². The molecule has 0 bridgehead atoms. The summed E-state index contributed by atoms with van der Waals surface area (Å²) in [5.41, 5.74) is 0. The van der Waals surface area contributed by atoms with E-state index in [1.807, 2.05) is 0 Å². The van der Waals surface area contributed by atoms with E-state index in [0.29, 0.717) is 12.6 Å². The smallest absolute Gasteiger partial charge is 0.0664 e. The number of aliphatic hydroxyl groups excluding tert-OH is 1. The summed E-state index contributed by atoms with van der Waals surface area (Å²) in [7, 11) is 0. The van der Waals surface area contributed by atoms with Gasteiger partial charge in [-0.05, 0) is 29.3 Å². The molecule has 19 heavy (non-hydrogen) atoms. The van der Waals surface area contributed by atoms with Crippen LogP contribution in [0.15, 0.2) is 35.0 Å². The van der Waals surface area contributed by atoms with Crippen molar-refractivity contribution in [3.8, 4) is 0 Å². The molecule has 2 heterocycles. The Labute approximate surface area is 123 Å². The van der Waals surface area contributed by atoms with Gasteiger partial charge in [-0.25, -0.2) is 0 Å². The molecule has 0 fully saturated rings. The maximum atomic E-state index is 9.87. The monoisotopic (exact) mass is 295 g/mol. The lowest BCUT2D eigenvalue weighted by Gasteiger charge is -2.19. The minimum absolute atomic E-state index is 0.240. The summed E-state index contributed by atoms with van der Waals surface area (Å²) in [6.45, 7) is 2.77. The van der Waals surface area contributed by atoms with Crippen molar-refractivity contribution in [3.05, 3.63) is 44.8 Å². The van der Waals surface area contributed by atoms with Crippen LogP contribution in [0.2, 0.25) is 0 Å². The lowest BCUT2D eigenvalue weighted by Crippen LogP contribution is -2.31. The Morgan fingerprint density at radius 1 is 1.21 bits per heavy atom. The zero-order valence-electron chi connectivity index (χ0n) is 11.2. The second-order valence-corrected chi connectivity index (χ2v) is 6.71. The molecule has 0 spiro atoms. The molecule has 0 saturated carbocycles. The van der Waals surface area contributed by atoms with Crippen molar-refractivity contribution in [3.63, 3.8) is 0 Å². The molecule has 2 atom stereocenters. The summed E-state index contributed by atoms with van der Waals surface area (Å²) in [4.78, 5) is 2.73. The minimum Gasteiger partial charge on any atom is -0.392 e. The summed E-state index contributed by atoms with van der Waals surface area (Å²) >= 11 is 3.57. The number of nitrogens with one attached hydrogen (secondary N) is 1. The molecule has 2 rings (SSSR count). The highest BCUT2D eigenvalue weighted by molar-refractivity contribution is 7.10. The van der Waals surface area contributed by atoms with Gasteiger partial charge < -0.3 is 10.4 Å². The molecular formula is C15H21NOS2. The van der Waals surface area contributed by atoms with Gasteiger partial charge in [-0.2, -0.15) is 0 Å². The molecule has 0 aromatic carbocycles. The third-order valence-corrected chi connectivity index (χ3v) is 4.98. The number of thiophene rings is 2. The molecule has 2 nitrogen and oxygen atoms in total. The molecule has 0 saturated heterocycles. The van der Waals surface area contributed by atoms with Crippen molar-refractivity contribution in [2.45, 2.75) is 38.3 Å². The van der Waals surface area contributed by atoms with E-state index >= 15 is 0 Å². The molecule has 2 unspecified atom stereocenters. The van der Waals surface area contributed by atoms with Gasteiger partial charge in [-0.1, -0.05) is 25.5 Å².